The second-order valence-corrected chi connectivity index (χ2v) is 2.93. The van der Waals surface area contributed by atoms with Gasteiger partial charge in [-0.05, 0) is 18.7 Å². The van der Waals surface area contributed by atoms with Gasteiger partial charge in [-0.2, -0.15) is 5.26 Å². The van der Waals surface area contributed by atoms with E-state index in [-0.39, 0.29) is 18.5 Å². The average Bonchev–Trinajstić information content (AvgIpc) is 2.18. The highest BCUT2D eigenvalue weighted by molar-refractivity contribution is 5.33. The molecule has 0 fully saturated rings. The van der Waals surface area contributed by atoms with Crippen LogP contribution in [0, 0.1) is 11.3 Å². The highest BCUT2D eigenvalue weighted by atomic mass is 19.3. The number of nitriles is 1. The normalized spacial score (nSPS) is 11.0. The monoisotopic (exact) mass is 196 g/mol. The van der Waals surface area contributed by atoms with E-state index in [9.17, 15) is 8.78 Å². The van der Waals surface area contributed by atoms with Gasteiger partial charge in [-0.25, -0.2) is 8.78 Å². The maximum atomic E-state index is 13.2. The molecular weight excluding hydrogens is 186 g/mol. The average molecular weight is 196 g/mol. The fraction of sp³-hybridized carbons (Fsp3) is 0.300. The van der Waals surface area contributed by atoms with Crippen molar-refractivity contribution in [3.8, 4) is 6.07 Å². The molecule has 1 aromatic rings. The summed E-state index contributed by atoms with van der Waals surface area (Å²) in [6.07, 6.45) is -0.376. The van der Waals surface area contributed by atoms with Gasteiger partial charge in [0.25, 0.3) is 5.92 Å². The van der Waals surface area contributed by atoms with Crippen LogP contribution >= 0.6 is 0 Å². The zero-order valence-corrected chi connectivity index (χ0v) is 7.50. The van der Waals surface area contributed by atoms with Crippen molar-refractivity contribution < 1.29 is 8.78 Å². The smallest absolute Gasteiger partial charge is 0.274 e. The summed E-state index contributed by atoms with van der Waals surface area (Å²) in [7, 11) is 0. The molecule has 0 saturated heterocycles. The van der Waals surface area contributed by atoms with Crippen LogP contribution in [0.4, 0.5) is 8.78 Å². The van der Waals surface area contributed by atoms with Gasteiger partial charge in [-0.3, -0.25) is 0 Å². The molecule has 0 amide bonds. The molecule has 0 aliphatic rings. The van der Waals surface area contributed by atoms with Crippen LogP contribution in [0.5, 0.6) is 0 Å². The number of benzene rings is 1. The lowest BCUT2D eigenvalue weighted by molar-refractivity contribution is -0.0107. The van der Waals surface area contributed by atoms with Gasteiger partial charge in [-0.1, -0.05) is 12.1 Å². The molecule has 0 unspecified atom stereocenters. The van der Waals surface area contributed by atoms with E-state index in [1.54, 1.807) is 0 Å². The van der Waals surface area contributed by atoms with Gasteiger partial charge in [0.2, 0.25) is 0 Å². The number of halogens is 2. The molecular formula is C10H10F2N2. The Morgan fingerprint density at radius 2 is 1.86 bits per heavy atom. The first-order valence-electron chi connectivity index (χ1n) is 4.18. The van der Waals surface area contributed by atoms with Crippen LogP contribution in [0.2, 0.25) is 0 Å². The highest BCUT2D eigenvalue weighted by Crippen LogP contribution is 2.30. The summed E-state index contributed by atoms with van der Waals surface area (Å²) in [6, 6.07) is 7.13. The molecule has 0 atom stereocenters. The molecule has 0 aliphatic heterocycles. The number of nitrogens with zero attached hydrogens (tertiary/aromatic N) is 1. The zero-order valence-electron chi connectivity index (χ0n) is 7.50. The van der Waals surface area contributed by atoms with Gasteiger partial charge in [0, 0.05) is 12.0 Å². The van der Waals surface area contributed by atoms with Crippen molar-refractivity contribution in [1.82, 2.24) is 0 Å². The first-order chi connectivity index (χ1) is 6.60. The topological polar surface area (TPSA) is 49.8 Å². The first-order valence-corrected chi connectivity index (χ1v) is 4.18. The van der Waals surface area contributed by atoms with Crippen molar-refractivity contribution in [3.05, 3.63) is 35.4 Å². The molecule has 1 aromatic carbocycles. The van der Waals surface area contributed by atoms with E-state index in [0.29, 0.717) is 5.56 Å². The Hall–Kier alpha value is -1.47. The van der Waals surface area contributed by atoms with Crippen molar-refractivity contribution >= 4 is 0 Å². The molecule has 2 nitrogen and oxygen atoms in total. The third-order valence-corrected chi connectivity index (χ3v) is 1.89. The van der Waals surface area contributed by atoms with E-state index >= 15 is 0 Å². The molecule has 4 heteroatoms. The minimum absolute atomic E-state index is 0.0625. The van der Waals surface area contributed by atoms with Crippen LogP contribution in [-0.2, 0) is 5.92 Å². The van der Waals surface area contributed by atoms with Gasteiger partial charge < -0.3 is 5.73 Å². The van der Waals surface area contributed by atoms with E-state index in [1.807, 2.05) is 6.07 Å². The van der Waals surface area contributed by atoms with Gasteiger partial charge >= 0.3 is 0 Å². The van der Waals surface area contributed by atoms with Crippen LogP contribution < -0.4 is 5.73 Å². The molecule has 74 valence electrons. The molecule has 0 bridgehead atoms. The Morgan fingerprint density at radius 1 is 1.29 bits per heavy atom. The standard InChI is InChI=1S/C10H10F2N2/c11-10(12,5-6-13)9-3-1-8(7-14)2-4-9/h1-4H,5-6,13H2. The van der Waals surface area contributed by atoms with E-state index in [1.165, 1.54) is 24.3 Å². The second kappa shape index (κ2) is 4.16. The van der Waals surface area contributed by atoms with Gasteiger partial charge in [0.15, 0.2) is 0 Å². The lowest BCUT2D eigenvalue weighted by atomic mass is 10.0. The second-order valence-electron chi connectivity index (χ2n) is 2.93. The Morgan fingerprint density at radius 3 is 2.29 bits per heavy atom. The summed E-state index contributed by atoms with van der Waals surface area (Å²) < 4.78 is 26.5. The largest absolute Gasteiger partial charge is 0.330 e. The lowest BCUT2D eigenvalue weighted by Crippen LogP contribution is -2.18. The Labute approximate surface area is 81.0 Å². The van der Waals surface area contributed by atoms with Crippen molar-refractivity contribution in [3.63, 3.8) is 0 Å². The Balaban J connectivity index is 2.92. The molecule has 0 radical (unpaired) electrons. The van der Waals surface area contributed by atoms with E-state index in [0.717, 1.165) is 0 Å². The van der Waals surface area contributed by atoms with Crippen molar-refractivity contribution in [2.45, 2.75) is 12.3 Å². The molecule has 0 aliphatic carbocycles. The minimum atomic E-state index is -2.90. The SMILES string of the molecule is N#Cc1ccc(C(F)(F)CCN)cc1. The van der Waals surface area contributed by atoms with Crippen LogP contribution in [0.1, 0.15) is 17.5 Å². The van der Waals surface area contributed by atoms with Gasteiger partial charge in [0.05, 0.1) is 11.6 Å². The van der Waals surface area contributed by atoms with Crippen LogP contribution in [0.15, 0.2) is 24.3 Å². The van der Waals surface area contributed by atoms with Crippen LogP contribution in [0.3, 0.4) is 0 Å². The third-order valence-electron chi connectivity index (χ3n) is 1.89. The number of hydrogen-bond donors (Lipinski definition) is 1. The van der Waals surface area contributed by atoms with Crippen molar-refractivity contribution in [2.24, 2.45) is 5.73 Å². The summed E-state index contributed by atoms with van der Waals surface area (Å²) in [5.41, 5.74) is 5.35. The fourth-order valence-corrected chi connectivity index (χ4v) is 1.11. The predicted molar refractivity (Wildman–Crippen MR) is 48.7 cm³/mol. The van der Waals surface area contributed by atoms with Crippen molar-refractivity contribution in [1.29, 1.82) is 5.26 Å². The van der Waals surface area contributed by atoms with Crippen molar-refractivity contribution in [2.75, 3.05) is 6.54 Å². The Kier molecular flexibility index (Phi) is 3.15. The molecule has 0 spiro atoms. The highest BCUT2D eigenvalue weighted by Gasteiger charge is 2.29. The van der Waals surface area contributed by atoms with E-state index in [2.05, 4.69) is 0 Å². The number of hydrogen-bond acceptors (Lipinski definition) is 2. The maximum absolute atomic E-state index is 13.2. The molecule has 0 heterocycles. The third kappa shape index (κ3) is 2.27. The Bertz CT molecular complexity index is 338. The number of alkyl halides is 2. The minimum Gasteiger partial charge on any atom is -0.330 e. The molecule has 0 aromatic heterocycles. The molecule has 0 saturated carbocycles. The first kappa shape index (κ1) is 10.6. The lowest BCUT2D eigenvalue weighted by Gasteiger charge is -2.15. The summed E-state index contributed by atoms with van der Waals surface area (Å²) >= 11 is 0. The maximum Gasteiger partial charge on any atom is 0.274 e. The zero-order chi connectivity index (χ0) is 10.6. The summed E-state index contributed by atoms with van der Waals surface area (Å²) in [5.74, 6) is -2.90. The summed E-state index contributed by atoms with van der Waals surface area (Å²) in [4.78, 5) is 0. The quantitative estimate of drug-likeness (QED) is 0.803. The molecule has 14 heavy (non-hydrogen) atoms. The molecule has 1 rings (SSSR count). The van der Waals surface area contributed by atoms with E-state index < -0.39 is 5.92 Å². The predicted octanol–water partition coefficient (Wildman–Crippen LogP) is 2.00. The van der Waals surface area contributed by atoms with Crippen LogP contribution in [0.25, 0.3) is 0 Å². The number of rotatable bonds is 3. The molecule has 2 N–H and O–H groups in total. The summed E-state index contributed by atoms with van der Waals surface area (Å²) in [5, 5.41) is 8.48. The van der Waals surface area contributed by atoms with Crippen LogP contribution in [-0.4, -0.2) is 6.54 Å². The van der Waals surface area contributed by atoms with Gasteiger partial charge in [-0.15, -0.1) is 0 Å². The summed E-state index contributed by atoms with van der Waals surface area (Å²) in [6.45, 7) is -0.0625. The van der Waals surface area contributed by atoms with E-state index in [4.69, 9.17) is 11.0 Å². The number of nitrogens with two attached hydrogens (primary N) is 1. The van der Waals surface area contributed by atoms with Gasteiger partial charge in [0.1, 0.15) is 0 Å². The fourth-order valence-electron chi connectivity index (χ4n) is 1.11.